The molecule has 0 aromatic carbocycles. The predicted molar refractivity (Wildman–Crippen MR) is 49.6 cm³/mol. The topological polar surface area (TPSA) is 98.3 Å². The normalized spacial score (nSPS) is 9.79. The number of alkyl halides is 1. The Morgan fingerprint density at radius 2 is 2.43 bits per heavy atom. The highest BCUT2D eigenvalue weighted by Crippen LogP contribution is 2.11. The Morgan fingerprint density at radius 3 is 2.93 bits per heavy atom. The molecule has 0 amide bonds. The zero-order chi connectivity index (χ0) is 10.6. The standard InChI is InChI=1S/C7H8ClN3O3/c8-1-2-14-4-3-10-5(7(12)13)6(9)11-4/h3H,1-2H2,(H2,9,11)(H,12,13). The lowest BCUT2D eigenvalue weighted by Gasteiger charge is -2.03. The Hall–Kier alpha value is -1.56. The molecule has 3 N–H and O–H groups in total. The molecule has 0 unspecified atom stereocenters. The van der Waals surface area contributed by atoms with E-state index in [0.717, 1.165) is 0 Å². The molecular weight excluding hydrogens is 210 g/mol. The van der Waals surface area contributed by atoms with Crippen LogP contribution >= 0.6 is 11.6 Å². The first-order valence-corrected chi connectivity index (χ1v) is 4.23. The second-order valence-corrected chi connectivity index (χ2v) is 2.66. The van der Waals surface area contributed by atoms with Crippen LogP contribution in [0.5, 0.6) is 5.88 Å². The van der Waals surface area contributed by atoms with Crippen molar-refractivity contribution in [3.63, 3.8) is 0 Å². The molecule has 0 spiro atoms. The molecule has 0 radical (unpaired) electrons. The fraction of sp³-hybridized carbons (Fsp3) is 0.286. The van der Waals surface area contributed by atoms with Crippen LogP contribution in [0.25, 0.3) is 0 Å². The van der Waals surface area contributed by atoms with Crippen LogP contribution in [0.2, 0.25) is 0 Å². The van der Waals surface area contributed by atoms with Crippen molar-refractivity contribution in [2.75, 3.05) is 18.2 Å². The summed E-state index contributed by atoms with van der Waals surface area (Å²) in [6.45, 7) is 0.266. The van der Waals surface area contributed by atoms with Crippen LogP contribution in [0.3, 0.4) is 0 Å². The van der Waals surface area contributed by atoms with Gasteiger partial charge in [0.15, 0.2) is 11.5 Å². The van der Waals surface area contributed by atoms with Gasteiger partial charge in [0.05, 0.1) is 12.1 Å². The van der Waals surface area contributed by atoms with E-state index in [4.69, 9.17) is 27.2 Å². The van der Waals surface area contributed by atoms with Gasteiger partial charge in [0.1, 0.15) is 6.61 Å². The number of halogens is 1. The van der Waals surface area contributed by atoms with Crippen molar-refractivity contribution >= 4 is 23.4 Å². The van der Waals surface area contributed by atoms with Crippen LogP contribution in [-0.4, -0.2) is 33.5 Å². The van der Waals surface area contributed by atoms with Crippen molar-refractivity contribution in [1.29, 1.82) is 0 Å². The fourth-order valence-electron chi connectivity index (χ4n) is 0.764. The van der Waals surface area contributed by atoms with E-state index in [1.807, 2.05) is 0 Å². The summed E-state index contributed by atoms with van der Waals surface area (Å²) in [6.07, 6.45) is 1.19. The average molecular weight is 218 g/mol. The van der Waals surface area contributed by atoms with Gasteiger partial charge in [-0.1, -0.05) is 0 Å². The number of hydrogen-bond donors (Lipinski definition) is 2. The summed E-state index contributed by atoms with van der Waals surface area (Å²) >= 11 is 5.37. The highest BCUT2D eigenvalue weighted by Gasteiger charge is 2.11. The highest BCUT2D eigenvalue weighted by atomic mass is 35.5. The van der Waals surface area contributed by atoms with E-state index in [9.17, 15) is 4.79 Å². The molecule has 14 heavy (non-hydrogen) atoms. The SMILES string of the molecule is Nc1nc(OCCCl)cnc1C(=O)O. The third-order valence-electron chi connectivity index (χ3n) is 1.31. The Morgan fingerprint density at radius 1 is 1.71 bits per heavy atom. The maximum absolute atomic E-state index is 10.5. The Kier molecular flexibility index (Phi) is 3.47. The summed E-state index contributed by atoms with van der Waals surface area (Å²) in [5, 5.41) is 8.59. The highest BCUT2D eigenvalue weighted by molar-refractivity contribution is 6.18. The molecule has 0 saturated heterocycles. The molecule has 0 fully saturated rings. The van der Waals surface area contributed by atoms with Crippen molar-refractivity contribution in [2.45, 2.75) is 0 Å². The van der Waals surface area contributed by atoms with Crippen LogP contribution in [-0.2, 0) is 0 Å². The number of nitrogen functional groups attached to an aromatic ring is 1. The number of rotatable bonds is 4. The number of aromatic nitrogens is 2. The van der Waals surface area contributed by atoms with Crippen molar-refractivity contribution in [2.24, 2.45) is 0 Å². The average Bonchev–Trinajstić information content (AvgIpc) is 2.14. The van der Waals surface area contributed by atoms with Crippen molar-refractivity contribution < 1.29 is 14.6 Å². The van der Waals surface area contributed by atoms with E-state index in [0.29, 0.717) is 5.88 Å². The van der Waals surface area contributed by atoms with Gasteiger partial charge in [0.25, 0.3) is 0 Å². The van der Waals surface area contributed by atoms with Crippen LogP contribution in [0.1, 0.15) is 10.5 Å². The monoisotopic (exact) mass is 217 g/mol. The largest absolute Gasteiger partial charge is 0.476 e. The number of ether oxygens (including phenoxy) is 1. The summed E-state index contributed by atoms with van der Waals surface area (Å²) in [4.78, 5) is 17.8. The molecule has 0 aliphatic carbocycles. The number of carboxylic acid groups (broad SMARTS) is 1. The van der Waals surface area contributed by atoms with Gasteiger partial charge in [-0.05, 0) is 0 Å². The summed E-state index contributed by atoms with van der Waals surface area (Å²) < 4.78 is 4.99. The van der Waals surface area contributed by atoms with Crippen molar-refractivity contribution in [3.8, 4) is 5.88 Å². The van der Waals surface area contributed by atoms with Gasteiger partial charge in [0, 0.05) is 0 Å². The van der Waals surface area contributed by atoms with E-state index < -0.39 is 5.97 Å². The third-order valence-corrected chi connectivity index (χ3v) is 1.46. The summed E-state index contributed by atoms with van der Waals surface area (Å²) in [5.41, 5.74) is 5.04. The molecule has 6 nitrogen and oxygen atoms in total. The maximum Gasteiger partial charge on any atom is 0.358 e. The first kappa shape index (κ1) is 10.5. The van der Waals surface area contributed by atoms with Crippen molar-refractivity contribution in [3.05, 3.63) is 11.9 Å². The molecule has 0 bridgehead atoms. The number of nitrogens with two attached hydrogens (primary N) is 1. The lowest BCUT2D eigenvalue weighted by Crippen LogP contribution is -2.09. The molecule has 1 aromatic heterocycles. The first-order valence-electron chi connectivity index (χ1n) is 3.69. The van der Waals surface area contributed by atoms with Crippen molar-refractivity contribution in [1.82, 2.24) is 9.97 Å². The minimum absolute atomic E-state index is 0.160. The summed E-state index contributed by atoms with van der Waals surface area (Å²) in [5.74, 6) is -0.931. The molecule has 7 heteroatoms. The van der Waals surface area contributed by atoms with E-state index in [-0.39, 0.29) is 24.0 Å². The third kappa shape index (κ3) is 2.46. The van der Waals surface area contributed by atoms with Crippen LogP contribution in [0.4, 0.5) is 5.82 Å². The molecule has 1 rings (SSSR count). The van der Waals surface area contributed by atoms with E-state index in [1.54, 1.807) is 0 Å². The van der Waals surface area contributed by atoms with E-state index in [2.05, 4.69) is 9.97 Å². The van der Waals surface area contributed by atoms with Gasteiger partial charge < -0.3 is 15.6 Å². The summed E-state index contributed by atoms with van der Waals surface area (Å²) in [7, 11) is 0. The van der Waals surface area contributed by atoms with Crippen LogP contribution < -0.4 is 10.5 Å². The van der Waals surface area contributed by atoms with Crippen LogP contribution in [0.15, 0.2) is 6.20 Å². The molecule has 0 aliphatic heterocycles. The Labute approximate surface area is 84.7 Å². The minimum atomic E-state index is -1.22. The zero-order valence-electron chi connectivity index (χ0n) is 7.11. The zero-order valence-corrected chi connectivity index (χ0v) is 7.86. The molecule has 1 aromatic rings. The molecule has 0 atom stereocenters. The molecule has 0 saturated carbocycles. The number of anilines is 1. The Balaban J connectivity index is 2.83. The lowest BCUT2D eigenvalue weighted by molar-refractivity contribution is 0.0691. The molecule has 76 valence electrons. The maximum atomic E-state index is 10.5. The number of hydrogen-bond acceptors (Lipinski definition) is 5. The van der Waals surface area contributed by atoms with Gasteiger partial charge >= 0.3 is 5.97 Å². The van der Waals surface area contributed by atoms with Crippen LogP contribution in [0, 0.1) is 0 Å². The lowest BCUT2D eigenvalue weighted by atomic mass is 10.4. The number of carboxylic acids is 1. The number of carbonyl (C=O) groups is 1. The fourth-order valence-corrected chi connectivity index (χ4v) is 0.841. The number of nitrogens with zero attached hydrogens (tertiary/aromatic N) is 2. The molecular formula is C7H8ClN3O3. The molecule has 1 heterocycles. The first-order chi connectivity index (χ1) is 6.65. The number of aromatic carboxylic acids is 1. The summed E-state index contributed by atoms with van der Waals surface area (Å²) in [6, 6.07) is 0. The van der Waals surface area contributed by atoms with Gasteiger partial charge in [-0.3, -0.25) is 0 Å². The van der Waals surface area contributed by atoms with Gasteiger partial charge in [-0.2, -0.15) is 4.98 Å². The molecule has 0 aliphatic rings. The van der Waals surface area contributed by atoms with Gasteiger partial charge in [-0.15, -0.1) is 11.6 Å². The second-order valence-electron chi connectivity index (χ2n) is 2.28. The van der Waals surface area contributed by atoms with Gasteiger partial charge in [-0.25, -0.2) is 9.78 Å². The second kappa shape index (κ2) is 4.61. The predicted octanol–water partition coefficient (Wildman–Crippen LogP) is 0.375. The quantitative estimate of drug-likeness (QED) is 0.708. The smallest absolute Gasteiger partial charge is 0.358 e. The Bertz CT molecular complexity index is 345. The van der Waals surface area contributed by atoms with E-state index in [1.165, 1.54) is 6.20 Å². The van der Waals surface area contributed by atoms with Gasteiger partial charge in [0.2, 0.25) is 5.88 Å². The van der Waals surface area contributed by atoms with E-state index >= 15 is 0 Å². The minimum Gasteiger partial charge on any atom is -0.476 e.